The van der Waals surface area contributed by atoms with Gasteiger partial charge in [0.2, 0.25) is 0 Å². The van der Waals surface area contributed by atoms with E-state index in [2.05, 4.69) is 72.8 Å². The van der Waals surface area contributed by atoms with Gasteiger partial charge >= 0.3 is 0 Å². The molecule has 0 atom stereocenters. The highest BCUT2D eigenvalue weighted by Gasteiger charge is 2.28. The molecule has 2 aromatic carbocycles. The molecular weight excluding hydrogens is 286 g/mol. The van der Waals surface area contributed by atoms with E-state index in [9.17, 15) is 0 Å². The van der Waals surface area contributed by atoms with Crippen LogP contribution < -0.4 is 5.32 Å². The molecule has 118 valence electrons. The van der Waals surface area contributed by atoms with E-state index in [1.807, 2.05) is 24.3 Å². The predicted molar refractivity (Wildman–Crippen MR) is 91.7 cm³/mol. The zero-order chi connectivity index (χ0) is 16.4. The Hall–Kier alpha value is -2.69. The summed E-state index contributed by atoms with van der Waals surface area (Å²) in [6.07, 6.45) is 0. The lowest BCUT2D eigenvalue weighted by atomic mass is 10.0. The molecule has 0 saturated heterocycles. The zero-order valence-corrected chi connectivity index (χ0v) is 13.9. The lowest BCUT2D eigenvalue weighted by molar-refractivity contribution is 0.541. The van der Waals surface area contributed by atoms with Crippen LogP contribution in [-0.4, -0.2) is 20.2 Å². The minimum absolute atomic E-state index is 0.417. The third-order valence-electron chi connectivity index (χ3n) is 3.87. The Morgan fingerprint density at radius 1 is 1.00 bits per heavy atom. The van der Waals surface area contributed by atoms with Crippen LogP contribution in [0, 0.1) is 13.8 Å². The van der Waals surface area contributed by atoms with Crippen molar-refractivity contribution in [1.29, 1.82) is 0 Å². The van der Waals surface area contributed by atoms with Crippen molar-refractivity contribution >= 4 is 5.69 Å². The van der Waals surface area contributed by atoms with Gasteiger partial charge in [0.05, 0.1) is 11.2 Å². The van der Waals surface area contributed by atoms with E-state index < -0.39 is 5.54 Å². The van der Waals surface area contributed by atoms with E-state index >= 15 is 0 Å². The van der Waals surface area contributed by atoms with Crippen molar-refractivity contribution in [2.75, 3.05) is 5.32 Å². The van der Waals surface area contributed by atoms with Crippen molar-refractivity contribution in [3.63, 3.8) is 0 Å². The van der Waals surface area contributed by atoms with Gasteiger partial charge in [0.15, 0.2) is 5.82 Å². The number of hydrogen-bond acceptors (Lipinski definition) is 4. The second kappa shape index (κ2) is 5.83. The molecule has 0 saturated carbocycles. The molecule has 3 aromatic rings. The summed E-state index contributed by atoms with van der Waals surface area (Å²) in [5, 5.41) is 15.9. The van der Waals surface area contributed by atoms with Gasteiger partial charge in [-0.1, -0.05) is 30.3 Å². The molecule has 1 N–H and O–H groups in total. The molecular formula is C18H21N5. The van der Waals surface area contributed by atoms with Crippen LogP contribution in [-0.2, 0) is 5.54 Å². The van der Waals surface area contributed by atoms with Gasteiger partial charge in [-0.25, -0.2) is 0 Å². The van der Waals surface area contributed by atoms with Gasteiger partial charge in [-0.15, -0.1) is 5.10 Å². The molecule has 1 aromatic heterocycles. The fraction of sp³-hybridized carbons (Fsp3) is 0.278. The largest absolute Gasteiger partial charge is 0.373 e. The molecule has 5 nitrogen and oxygen atoms in total. The molecule has 3 rings (SSSR count). The molecule has 0 amide bonds. The van der Waals surface area contributed by atoms with Crippen molar-refractivity contribution in [2.24, 2.45) is 0 Å². The SMILES string of the molecule is Cc1cccc(-n2nnnc2C(C)(C)Nc2ccccc2C)c1. The second-order valence-corrected chi connectivity index (χ2v) is 6.32. The van der Waals surface area contributed by atoms with E-state index in [0.29, 0.717) is 0 Å². The van der Waals surface area contributed by atoms with Crippen LogP contribution in [0.4, 0.5) is 5.69 Å². The summed E-state index contributed by atoms with van der Waals surface area (Å²) in [4.78, 5) is 0. The monoisotopic (exact) mass is 307 g/mol. The Kier molecular flexibility index (Phi) is 3.86. The highest BCUT2D eigenvalue weighted by atomic mass is 15.6. The Morgan fingerprint density at radius 3 is 2.52 bits per heavy atom. The van der Waals surface area contributed by atoms with Gasteiger partial charge in [-0.3, -0.25) is 0 Å². The van der Waals surface area contributed by atoms with E-state index in [0.717, 1.165) is 17.2 Å². The summed E-state index contributed by atoms with van der Waals surface area (Å²) in [7, 11) is 0. The van der Waals surface area contributed by atoms with Crippen molar-refractivity contribution in [3.8, 4) is 5.69 Å². The van der Waals surface area contributed by atoms with Gasteiger partial charge in [-0.05, 0) is 67.4 Å². The normalized spacial score (nSPS) is 11.5. The molecule has 0 unspecified atom stereocenters. The third kappa shape index (κ3) is 3.08. The van der Waals surface area contributed by atoms with E-state index in [-0.39, 0.29) is 0 Å². The van der Waals surface area contributed by atoms with E-state index in [1.165, 1.54) is 11.1 Å². The minimum atomic E-state index is -0.417. The van der Waals surface area contributed by atoms with Crippen molar-refractivity contribution in [1.82, 2.24) is 20.2 Å². The Morgan fingerprint density at radius 2 is 1.78 bits per heavy atom. The number of tetrazole rings is 1. The first-order chi connectivity index (χ1) is 11.0. The van der Waals surface area contributed by atoms with E-state index in [4.69, 9.17) is 0 Å². The first kappa shape index (κ1) is 15.2. The predicted octanol–water partition coefficient (Wildman–Crippen LogP) is 3.63. The Bertz CT molecular complexity index is 820. The maximum absolute atomic E-state index is 4.26. The van der Waals surface area contributed by atoms with Crippen LogP contribution >= 0.6 is 0 Å². The number of benzene rings is 2. The molecule has 1 heterocycles. The van der Waals surface area contributed by atoms with Crippen LogP contribution in [0.5, 0.6) is 0 Å². The smallest absolute Gasteiger partial charge is 0.181 e. The number of para-hydroxylation sites is 1. The van der Waals surface area contributed by atoms with Crippen molar-refractivity contribution in [2.45, 2.75) is 33.2 Å². The van der Waals surface area contributed by atoms with E-state index in [1.54, 1.807) is 4.68 Å². The van der Waals surface area contributed by atoms with Crippen molar-refractivity contribution < 1.29 is 0 Å². The summed E-state index contributed by atoms with van der Waals surface area (Å²) < 4.78 is 1.79. The quantitative estimate of drug-likeness (QED) is 0.799. The summed E-state index contributed by atoms with van der Waals surface area (Å²) in [6, 6.07) is 16.4. The maximum atomic E-state index is 4.26. The summed E-state index contributed by atoms with van der Waals surface area (Å²) >= 11 is 0. The average Bonchev–Trinajstić information content (AvgIpc) is 3.00. The molecule has 0 aliphatic carbocycles. The first-order valence-corrected chi connectivity index (χ1v) is 7.67. The van der Waals surface area contributed by atoms with Crippen LogP contribution in [0.25, 0.3) is 5.69 Å². The maximum Gasteiger partial charge on any atom is 0.181 e. The van der Waals surface area contributed by atoms with Crippen LogP contribution in [0.3, 0.4) is 0 Å². The number of anilines is 1. The van der Waals surface area contributed by atoms with Crippen molar-refractivity contribution in [3.05, 3.63) is 65.5 Å². The van der Waals surface area contributed by atoms with Crippen LogP contribution in [0.1, 0.15) is 30.8 Å². The third-order valence-corrected chi connectivity index (χ3v) is 3.87. The van der Waals surface area contributed by atoms with Gasteiger partial charge in [0.1, 0.15) is 0 Å². The Labute approximate surface area is 136 Å². The number of nitrogens with zero attached hydrogens (tertiary/aromatic N) is 4. The topological polar surface area (TPSA) is 55.6 Å². The van der Waals surface area contributed by atoms with Gasteiger partial charge in [-0.2, -0.15) is 4.68 Å². The average molecular weight is 307 g/mol. The molecule has 0 aliphatic rings. The number of rotatable bonds is 4. The summed E-state index contributed by atoms with van der Waals surface area (Å²) in [5.74, 6) is 0.770. The zero-order valence-electron chi connectivity index (χ0n) is 13.9. The highest BCUT2D eigenvalue weighted by Crippen LogP contribution is 2.27. The Balaban J connectivity index is 1.98. The summed E-state index contributed by atoms with van der Waals surface area (Å²) in [6.45, 7) is 8.31. The molecule has 23 heavy (non-hydrogen) atoms. The highest BCUT2D eigenvalue weighted by molar-refractivity contribution is 5.52. The number of hydrogen-bond donors (Lipinski definition) is 1. The lowest BCUT2D eigenvalue weighted by Crippen LogP contribution is -2.32. The fourth-order valence-corrected chi connectivity index (χ4v) is 2.62. The van der Waals surface area contributed by atoms with Gasteiger partial charge < -0.3 is 5.32 Å². The molecule has 5 heteroatoms. The van der Waals surface area contributed by atoms with Gasteiger partial charge in [0.25, 0.3) is 0 Å². The number of aromatic nitrogens is 4. The number of aryl methyl sites for hydroxylation is 2. The molecule has 0 radical (unpaired) electrons. The van der Waals surface area contributed by atoms with Crippen LogP contribution in [0.2, 0.25) is 0 Å². The molecule has 0 spiro atoms. The first-order valence-electron chi connectivity index (χ1n) is 7.67. The van der Waals surface area contributed by atoms with Crippen LogP contribution in [0.15, 0.2) is 48.5 Å². The molecule has 0 fully saturated rings. The standard InChI is InChI=1S/C18H21N5/c1-13-8-7-10-15(12-13)23-17(20-21-22-23)18(3,4)19-16-11-6-5-9-14(16)2/h5-12,19H,1-4H3. The lowest BCUT2D eigenvalue weighted by Gasteiger charge is -2.27. The fourth-order valence-electron chi connectivity index (χ4n) is 2.62. The number of nitrogens with one attached hydrogen (secondary N) is 1. The second-order valence-electron chi connectivity index (χ2n) is 6.32. The molecule has 0 aliphatic heterocycles. The minimum Gasteiger partial charge on any atom is -0.373 e. The van der Waals surface area contributed by atoms with Gasteiger partial charge in [0, 0.05) is 5.69 Å². The summed E-state index contributed by atoms with van der Waals surface area (Å²) in [5.41, 5.74) is 3.99. The molecule has 0 bridgehead atoms.